The standard InChI is InChI=1S/C11H20O2S2/c1-3-5-13-8-9(12)11-10(4-2)14-6-7-15-11/h10-11H,3-8H2,1-2H3. The van der Waals surface area contributed by atoms with Crippen LogP contribution >= 0.6 is 23.5 Å². The Kier molecular flexibility index (Phi) is 6.77. The van der Waals surface area contributed by atoms with Gasteiger partial charge in [0.25, 0.3) is 0 Å². The van der Waals surface area contributed by atoms with E-state index < -0.39 is 0 Å². The first-order valence-electron chi connectivity index (χ1n) is 5.63. The van der Waals surface area contributed by atoms with Crippen molar-refractivity contribution in [3.05, 3.63) is 0 Å². The van der Waals surface area contributed by atoms with Crippen LogP contribution in [-0.2, 0) is 9.53 Å². The summed E-state index contributed by atoms with van der Waals surface area (Å²) in [5.41, 5.74) is 0. The third-order valence-corrected chi connectivity index (χ3v) is 5.66. The van der Waals surface area contributed by atoms with Crippen molar-refractivity contribution in [1.82, 2.24) is 0 Å². The van der Waals surface area contributed by atoms with Gasteiger partial charge in [-0.1, -0.05) is 13.8 Å². The van der Waals surface area contributed by atoms with Gasteiger partial charge in [0.2, 0.25) is 0 Å². The monoisotopic (exact) mass is 248 g/mol. The number of ether oxygens (including phenoxy) is 1. The molecule has 1 saturated heterocycles. The fourth-order valence-corrected chi connectivity index (χ4v) is 4.62. The van der Waals surface area contributed by atoms with Crippen molar-refractivity contribution in [1.29, 1.82) is 0 Å². The number of hydrogen-bond donors (Lipinski definition) is 0. The maximum absolute atomic E-state index is 11.9. The van der Waals surface area contributed by atoms with Crippen molar-refractivity contribution in [2.45, 2.75) is 37.2 Å². The summed E-state index contributed by atoms with van der Waals surface area (Å²) in [6.07, 6.45) is 2.07. The lowest BCUT2D eigenvalue weighted by molar-refractivity contribution is -0.123. The summed E-state index contributed by atoms with van der Waals surface area (Å²) in [7, 11) is 0. The van der Waals surface area contributed by atoms with Crippen LogP contribution in [0.3, 0.4) is 0 Å². The predicted octanol–water partition coefficient (Wildman–Crippen LogP) is 2.61. The Morgan fingerprint density at radius 1 is 1.33 bits per heavy atom. The molecule has 0 N–H and O–H groups in total. The molecule has 1 aliphatic rings. The molecule has 0 amide bonds. The number of thioether (sulfide) groups is 2. The van der Waals surface area contributed by atoms with Gasteiger partial charge in [0, 0.05) is 23.4 Å². The predicted molar refractivity (Wildman–Crippen MR) is 68.9 cm³/mol. The fraction of sp³-hybridized carbons (Fsp3) is 0.909. The summed E-state index contributed by atoms with van der Waals surface area (Å²) in [5, 5.41) is 0.673. The molecule has 0 radical (unpaired) electrons. The minimum absolute atomic E-state index is 0.172. The summed E-state index contributed by atoms with van der Waals surface area (Å²) in [5.74, 6) is 2.57. The van der Waals surface area contributed by atoms with Crippen LogP contribution in [0.1, 0.15) is 26.7 Å². The number of hydrogen-bond acceptors (Lipinski definition) is 4. The third-order valence-electron chi connectivity index (χ3n) is 2.36. The molecule has 0 aromatic rings. The molecule has 15 heavy (non-hydrogen) atoms. The van der Waals surface area contributed by atoms with Gasteiger partial charge in [0.1, 0.15) is 6.61 Å². The molecule has 4 heteroatoms. The largest absolute Gasteiger partial charge is 0.374 e. The van der Waals surface area contributed by atoms with Crippen LogP contribution in [0.15, 0.2) is 0 Å². The second-order valence-corrected chi connectivity index (χ2v) is 6.22. The molecule has 0 spiro atoms. The van der Waals surface area contributed by atoms with Crippen molar-refractivity contribution in [2.24, 2.45) is 0 Å². The van der Waals surface area contributed by atoms with Gasteiger partial charge in [-0.15, -0.1) is 11.8 Å². The summed E-state index contributed by atoms with van der Waals surface area (Å²) in [6.45, 7) is 5.23. The Labute approximate surface area is 101 Å². The molecule has 2 unspecified atom stereocenters. The molecule has 1 heterocycles. The topological polar surface area (TPSA) is 26.3 Å². The van der Waals surface area contributed by atoms with E-state index >= 15 is 0 Å². The molecular formula is C11H20O2S2. The summed E-state index contributed by atoms with van der Waals surface area (Å²) in [4.78, 5) is 11.9. The minimum atomic E-state index is 0.172. The molecule has 88 valence electrons. The Balaban J connectivity index is 2.34. The van der Waals surface area contributed by atoms with Gasteiger partial charge in [-0.2, -0.15) is 11.8 Å². The highest BCUT2D eigenvalue weighted by molar-refractivity contribution is 8.07. The molecule has 2 atom stereocenters. The van der Waals surface area contributed by atoms with E-state index in [2.05, 4.69) is 13.8 Å². The first kappa shape index (κ1) is 13.4. The minimum Gasteiger partial charge on any atom is -0.374 e. The number of carbonyl (C=O) groups is 1. The lowest BCUT2D eigenvalue weighted by atomic mass is 10.2. The van der Waals surface area contributed by atoms with E-state index in [4.69, 9.17) is 4.74 Å². The first-order valence-corrected chi connectivity index (χ1v) is 7.73. The van der Waals surface area contributed by atoms with Crippen LogP contribution in [0.25, 0.3) is 0 Å². The third kappa shape index (κ3) is 4.37. The van der Waals surface area contributed by atoms with E-state index in [-0.39, 0.29) is 11.0 Å². The van der Waals surface area contributed by atoms with Crippen molar-refractivity contribution >= 4 is 29.3 Å². The summed E-state index contributed by atoms with van der Waals surface area (Å²) in [6, 6.07) is 0. The van der Waals surface area contributed by atoms with Crippen molar-refractivity contribution in [3.8, 4) is 0 Å². The molecule has 1 aliphatic heterocycles. The van der Waals surface area contributed by atoms with Gasteiger partial charge in [0.05, 0.1) is 5.25 Å². The quantitative estimate of drug-likeness (QED) is 0.675. The SMILES string of the molecule is CCCOCC(=O)C1SCCSC1CC. The molecule has 0 aromatic heterocycles. The number of Topliss-reactive ketones (excluding diaryl/α,β-unsaturated/α-hetero) is 1. The van der Waals surface area contributed by atoms with E-state index in [1.807, 2.05) is 23.5 Å². The number of rotatable bonds is 6. The number of carbonyl (C=O) groups excluding carboxylic acids is 1. The van der Waals surface area contributed by atoms with E-state index in [0.29, 0.717) is 18.5 Å². The van der Waals surface area contributed by atoms with Crippen LogP contribution in [0, 0.1) is 0 Å². The molecule has 0 aliphatic carbocycles. The number of ketones is 1. The Morgan fingerprint density at radius 2 is 2.07 bits per heavy atom. The van der Waals surface area contributed by atoms with Crippen molar-refractivity contribution in [3.63, 3.8) is 0 Å². The van der Waals surface area contributed by atoms with Crippen LogP contribution < -0.4 is 0 Å². The lowest BCUT2D eigenvalue weighted by Gasteiger charge is -2.28. The van der Waals surface area contributed by atoms with Crippen molar-refractivity contribution in [2.75, 3.05) is 24.7 Å². The average Bonchev–Trinajstić information content (AvgIpc) is 2.29. The Bertz CT molecular complexity index is 197. The van der Waals surface area contributed by atoms with Crippen LogP contribution in [-0.4, -0.2) is 41.0 Å². The summed E-state index contributed by atoms with van der Waals surface area (Å²) < 4.78 is 5.32. The van der Waals surface area contributed by atoms with Gasteiger partial charge in [0.15, 0.2) is 5.78 Å². The molecule has 0 saturated carbocycles. The van der Waals surface area contributed by atoms with Crippen LogP contribution in [0.5, 0.6) is 0 Å². The van der Waals surface area contributed by atoms with Crippen LogP contribution in [0.2, 0.25) is 0 Å². The van der Waals surface area contributed by atoms with Gasteiger partial charge in [-0.3, -0.25) is 4.79 Å². The van der Waals surface area contributed by atoms with Crippen molar-refractivity contribution < 1.29 is 9.53 Å². The van der Waals surface area contributed by atoms with Gasteiger partial charge in [-0.05, 0) is 12.8 Å². The molecule has 2 nitrogen and oxygen atoms in total. The molecular weight excluding hydrogens is 228 g/mol. The highest BCUT2D eigenvalue weighted by Gasteiger charge is 2.30. The fourth-order valence-electron chi connectivity index (χ4n) is 1.60. The smallest absolute Gasteiger partial charge is 0.172 e. The maximum atomic E-state index is 11.9. The Hall–Kier alpha value is 0.330. The second-order valence-electron chi connectivity index (χ2n) is 3.63. The van der Waals surface area contributed by atoms with Crippen LogP contribution in [0.4, 0.5) is 0 Å². The summed E-state index contributed by atoms with van der Waals surface area (Å²) >= 11 is 3.75. The van der Waals surface area contributed by atoms with E-state index in [9.17, 15) is 4.79 Å². The highest BCUT2D eigenvalue weighted by Crippen LogP contribution is 2.33. The zero-order valence-corrected chi connectivity index (χ0v) is 11.2. The second kappa shape index (κ2) is 7.58. The normalized spacial score (nSPS) is 26.5. The van der Waals surface area contributed by atoms with E-state index in [0.717, 1.165) is 18.6 Å². The zero-order valence-electron chi connectivity index (χ0n) is 9.53. The molecule has 1 fully saturated rings. The molecule has 0 aromatic carbocycles. The molecule has 0 bridgehead atoms. The highest BCUT2D eigenvalue weighted by atomic mass is 32.2. The average molecular weight is 248 g/mol. The Morgan fingerprint density at radius 3 is 2.73 bits per heavy atom. The van der Waals surface area contributed by atoms with Gasteiger partial charge >= 0.3 is 0 Å². The zero-order chi connectivity index (χ0) is 11.1. The molecule has 1 rings (SSSR count). The first-order chi connectivity index (χ1) is 7.29. The maximum Gasteiger partial charge on any atom is 0.172 e. The lowest BCUT2D eigenvalue weighted by Crippen LogP contribution is -2.35. The van der Waals surface area contributed by atoms with Gasteiger partial charge < -0.3 is 4.74 Å². The van der Waals surface area contributed by atoms with Gasteiger partial charge in [-0.25, -0.2) is 0 Å². The van der Waals surface area contributed by atoms with E-state index in [1.165, 1.54) is 5.75 Å². The van der Waals surface area contributed by atoms with E-state index in [1.54, 1.807) is 0 Å².